The molecule has 0 spiro atoms. The molecule has 2 nitrogen and oxygen atoms in total. The molecule has 17 heavy (non-hydrogen) atoms. The summed E-state index contributed by atoms with van der Waals surface area (Å²) in [6.45, 7) is 4.13. The third-order valence-corrected chi connectivity index (χ3v) is 3.18. The number of hydrogen-bond donors (Lipinski definition) is 1. The van der Waals surface area contributed by atoms with Gasteiger partial charge in [0, 0.05) is 28.6 Å². The van der Waals surface area contributed by atoms with E-state index in [4.69, 9.17) is 0 Å². The summed E-state index contributed by atoms with van der Waals surface area (Å²) in [5, 5.41) is 1.06. The van der Waals surface area contributed by atoms with Gasteiger partial charge in [-0.3, -0.25) is 4.79 Å². The van der Waals surface area contributed by atoms with Crippen LogP contribution in [0.5, 0.6) is 0 Å². The molecule has 0 saturated heterocycles. The Bertz CT molecular complexity index is 525. The van der Waals surface area contributed by atoms with Gasteiger partial charge in [-0.1, -0.05) is 38.0 Å². The van der Waals surface area contributed by atoms with Crippen molar-refractivity contribution >= 4 is 16.7 Å². The van der Waals surface area contributed by atoms with Crippen LogP contribution in [0.25, 0.3) is 10.9 Å². The molecule has 1 heterocycles. The summed E-state index contributed by atoms with van der Waals surface area (Å²) in [4.78, 5) is 15.5. The van der Waals surface area contributed by atoms with Crippen molar-refractivity contribution in [1.82, 2.24) is 4.98 Å². The number of Topliss-reactive ketones (excluding diaryl/α,β-unsaturated/α-hetero) is 1. The molecule has 0 aliphatic heterocycles. The quantitative estimate of drug-likeness (QED) is 0.603. The van der Waals surface area contributed by atoms with Crippen LogP contribution in [-0.2, 0) is 0 Å². The number of aromatic nitrogens is 1. The minimum absolute atomic E-state index is 0.272. The fourth-order valence-corrected chi connectivity index (χ4v) is 2.30. The summed E-state index contributed by atoms with van der Waals surface area (Å²) in [5.41, 5.74) is 2.94. The van der Waals surface area contributed by atoms with E-state index < -0.39 is 0 Å². The molecular formula is C15H19NO. The Morgan fingerprint density at radius 2 is 2.00 bits per heavy atom. The average Bonchev–Trinajstić information content (AvgIpc) is 2.65. The highest BCUT2D eigenvalue weighted by Gasteiger charge is 2.14. The third kappa shape index (κ3) is 2.41. The highest BCUT2D eigenvalue weighted by molar-refractivity contribution is 6.09. The number of nitrogens with one attached hydrogen (secondary N) is 1. The standard InChI is InChI=1S/C15H19NO/c1-3-4-5-10-14(17)15-11(2)16-13-9-7-6-8-12(13)15/h6-9,16H,3-5,10H2,1-2H3. The second-order valence-electron chi connectivity index (χ2n) is 4.55. The van der Waals surface area contributed by atoms with E-state index >= 15 is 0 Å². The molecule has 0 fully saturated rings. The van der Waals surface area contributed by atoms with Gasteiger partial charge in [0.05, 0.1) is 0 Å². The Hall–Kier alpha value is -1.57. The number of fused-ring (bicyclic) bond motifs is 1. The van der Waals surface area contributed by atoms with Gasteiger partial charge in [-0.15, -0.1) is 0 Å². The number of carbonyl (C=O) groups excluding carboxylic acids is 1. The van der Waals surface area contributed by atoms with Gasteiger partial charge in [-0.25, -0.2) is 0 Å². The number of unbranched alkanes of at least 4 members (excludes halogenated alkanes) is 2. The first kappa shape index (κ1) is 11.9. The fourth-order valence-electron chi connectivity index (χ4n) is 2.30. The van der Waals surface area contributed by atoms with Crippen LogP contribution >= 0.6 is 0 Å². The molecule has 90 valence electrons. The zero-order chi connectivity index (χ0) is 12.3. The Morgan fingerprint density at radius 3 is 2.76 bits per heavy atom. The van der Waals surface area contributed by atoms with E-state index in [0.29, 0.717) is 6.42 Å². The van der Waals surface area contributed by atoms with Gasteiger partial charge in [0.2, 0.25) is 0 Å². The fraction of sp³-hybridized carbons (Fsp3) is 0.400. The van der Waals surface area contributed by atoms with Crippen molar-refractivity contribution < 1.29 is 4.79 Å². The third-order valence-electron chi connectivity index (χ3n) is 3.18. The lowest BCUT2D eigenvalue weighted by Gasteiger charge is -2.00. The number of hydrogen-bond acceptors (Lipinski definition) is 1. The molecule has 1 aromatic heterocycles. The summed E-state index contributed by atoms with van der Waals surface area (Å²) in [6.07, 6.45) is 3.94. The largest absolute Gasteiger partial charge is 0.358 e. The van der Waals surface area contributed by atoms with E-state index in [9.17, 15) is 4.79 Å². The molecule has 1 aromatic carbocycles. The molecule has 0 bridgehead atoms. The van der Waals surface area contributed by atoms with Crippen molar-refractivity contribution in [1.29, 1.82) is 0 Å². The smallest absolute Gasteiger partial charge is 0.165 e. The Kier molecular flexibility index (Phi) is 3.62. The number of ketones is 1. The number of rotatable bonds is 5. The van der Waals surface area contributed by atoms with Crippen LogP contribution in [0.4, 0.5) is 0 Å². The van der Waals surface area contributed by atoms with Gasteiger partial charge in [-0.2, -0.15) is 0 Å². The minimum atomic E-state index is 0.272. The number of para-hydroxylation sites is 1. The van der Waals surface area contributed by atoms with Crippen molar-refractivity contribution in [2.45, 2.75) is 39.5 Å². The Balaban J connectivity index is 2.28. The molecule has 1 N–H and O–H groups in total. The van der Waals surface area contributed by atoms with Crippen molar-refractivity contribution in [2.75, 3.05) is 0 Å². The normalized spacial score (nSPS) is 10.9. The maximum Gasteiger partial charge on any atom is 0.165 e. The number of aryl methyl sites for hydroxylation is 1. The van der Waals surface area contributed by atoms with Crippen molar-refractivity contribution in [3.05, 3.63) is 35.5 Å². The SMILES string of the molecule is CCCCCC(=O)c1c(C)[nH]c2ccccc12. The van der Waals surface area contributed by atoms with Crippen LogP contribution in [0.3, 0.4) is 0 Å². The first-order valence-corrected chi connectivity index (χ1v) is 6.34. The monoisotopic (exact) mass is 229 g/mol. The second-order valence-corrected chi connectivity index (χ2v) is 4.55. The molecule has 0 atom stereocenters. The van der Waals surface area contributed by atoms with E-state index in [1.807, 2.05) is 31.2 Å². The van der Waals surface area contributed by atoms with Gasteiger partial charge < -0.3 is 4.98 Å². The van der Waals surface area contributed by atoms with Gasteiger partial charge in [0.15, 0.2) is 5.78 Å². The van der Waals surface area contributed by atoms with E-state index in [-0.39, 0.29) is 5.78 Å². The molecular weight excluding hydrogens is 210 g/mol. The van der Waals surface area contributed by atoms with Gasteiger partial charge in [-0.05, 0) is 19.4 Å². The average molecular weight is 229 g/mol. The van der Waals surface area contributed by atoms with Crippen LogP contribution in [0.2, 0.25) is 0 Å². The highest BCUT2D eigenvalue weighted by Crippen LogP contribution is 2.23. The molecule has 0 unspecified atom stereocenters. The molecule has 0 saturated carbocycles. The summed E-state index contributed by atoms with van der Waals surface area (Å²) >= 11 is 0. The minimum Gasteiger partial charge on any atom is -0.358 e. The maximum atomic E-state index is 12.2. The Labute approximate surface area is 102 Å². The molecule has 0 aliphatic rings. The van der Waals surface area contributed by atoms with Crippen LogP contribution in [0, 0.1) is 6.92 Å². The van der Waals surface area contributed by atoms with Gasteiger partial charge >= 0.3 is 0 Å². The zero-order valence-corrected chi connectivity index (χ0v) is 10.5. The van der Waals surface area contributed by atoms with Gasteiger partial charge in [0.25, 0.3) is 0 Å². The van der Waals surface area contributed by atoms with E-state index in [2.05, 4.69) is 11.9 Å². The number of carbonyl (C=O) groups is 1. The molecule has 2 rings (SSSR count). The number of benzene rings is 1. The first-order chi connectivity index (χ1) is 8.24. The molecule has 0 radical (unpaired) electrons. The second kappa shape index (κ2) is 5.17. The maximum absolute atomic E-state index is 12.2. The lowest BCUT2D eigenvalue weighted by molar-refractivity contribution is 0.0980. The summed E-state index contributed by atoms with van der Waals surface area (Å²) in [5.74, 6) is 0.272. The van der Waals surface area contributed by atoms with Crippen molar-refractivity contribution in [3.8, 4) is 0 Å². The van der Waals surface area contributed by atoms with Crippen LogP contribution in [0.1, 0.15) is 48.7 Å². The predicted molar refractivity (Wildman–Crippen MR) is 71.5 cm³/mol. The van der Waals surface area contributed by atoms with Crippen LogP contribution in [0.15, 0.2) is 24.3 Å². The lowest BCUT2D eigenvalue weighted by atomic mass is 10.0. The number of aromatic amines is 1. The van der Waals surface area contributed by atoms with Gasteiger partial charge in [0.1, 0.15) is 0 Å². The lowest BCUT2D eigenvalue weighted by Crippen LogP contribution is -2.00. The highest BCUT2D eigenvalue weighted by atomic mass is 16.1. The topological polar surface area (TPSA) is 32.9 Å². The number of H-pyrrole nitrogens is 1. The van der Waals surface area contributed by atoms with Crippen LogP contribution in [-0.4, -0.2) is 10.8 Å². The van der Waals surface area contributed by atoms with Crippen molar-refractivity contribution in [3.63, 3.8) is 0 Å². The zero-order valence-electron chi connectivity index (χ0n) is 10.5. The van der Waals surface area contributed by atoms with E-state index in [1.165, 1.54) is 0 Å². The molecule has 2 heteroatoms. The summed E-state index contributed by atoms with van der Waals surface area (Å²) < 4.78 is 0. The van der Waals surface area contributed by atoms with E-state index in [1.54, 1.807) is 0 Å². The molecule has 2 aromatic rings. The predicted octanol–water partition coefficient (Wildman–Crippen LogP) is 4.24. The summed E-state index contributed by atoms with van der Waals surface area (Å²) in [7, 11) is 0. The first-order valence-electron chi connectivity index (χ1n) is 6.34. The van der Waals surface area contributed by atoms with Crippen molar-refractivity contribution in [2.24, 2.45) is 0 Å². The molecule has 0 aliphatic carbocycles. The summed E-state index contributed by atoms with van der Waals surface area (Å²) in [6, 6.07) is 8.01. The van der Waals surface area contributed by atoms with Crippen LogP contribution < -0.4 is 0 Å². The Morgan fingerprint density at radius 1 is 1.24 bits per heavy atom. The van der Waals surface area contributed by atoms with E-state index in [0.717, 1.165) is 41.4 Å². The molecule has 0 amide bonds.